The number of ketones is 1. The Hall–Kier alpha value is -3.55. The summed E-state index contributed by atoms with van der Waals surface area (Å²) in [5.41, 5.74) is 2.73. The monoisotopic (exact) mass is 602 g/mol. The highest BCUT2D eigenvalue weighted by molar-refractivity contribution is 6.06. The lowest BCUT2D eigenvalue weighted by Crippen LogP contribution is -2.62. The molecule has 3 fully saturated rings. The zero-order chi connectivity index (χ0) is 31.9. The number of carbonyl (C=O) groups is 3. The molecule has 6 atom stereocenters. The first-order valence-corrected chi connectivity index (χ1v) is 15.8. The molecule has 1 aromatic heterocycles. The molecular weight excluding hydrogens is 559 g/mol. The van der Waals surface area contributed by atoms with Crippen LogP contribution in [-0.4, -0.2) is 34.4 Å². The summed E-state index contributed by atoms with van der Waals surface area (Å²) < 4.78 is 18.8. The van der Waals surface area contributed by atoms with E-state index in [4.69, 9.17) is 4.74 Å². The van der Waals surface area contributed by atoms with E-state index in [0.29, 0.717) is 18.4 Å². The molecule has 0 spiro atoms. The summed E-state index contributed by atoms with van der Waals surface area (Å²) in [6.07, 6.45) is 13.2. The number of esters is 1. The lowest BCUT2D eigenvalue weighted by Gasteiger charge is -2.70. The van der Waals surface area contributed by atoms with Crippen molar-refractivity contribution >= 4 is 23.5 Å². The van der Waals surface area contributed by atoms with Gasteiger partial charge in [-0.25, -0.2) is 9.37 Å². The van der Waals surface area contributed by atoms with Crippen LogP contribution in [0.3, 0.4) is 0 Å². The number of halogens is 1. The van der Waals surface area contributed by atoms with Crippen molar-refractivity contribution in [3.63, 3.8) is 0 Å². The fourth-order valence-corrected chi connectivity index (χ4v) is 9.58. The highest BCUT2D eigenvalue weighted by atomic mass is 19.1. The van der Waals surface area contributed by atoms with Crippen LogP contribution in [0.25, 0.3) is 0 Å². The normalized spacial score (nSPS) is 37.8. The third kappa shape index (κ3) is 4.34. The number of ether oxygens (including phenoxy) is 1. The summed E-state index contributed by atoms with van der Waals surface area (Å²) in [6, 6.07) is 2.56. The molecule has 0 bridgehead atoms. The third-order valence-corrected chi connectivity index (χ3v) is 12.7. The van der Waals surface area contributed by atoms with E-state index in [-0.39, 0.29) is 50.9 Å². The number of rotatable bonds is 4. The Bertz CT molecular complexity index is 1590. The average molecular weight is 603 g/mol. The van der Waals surface area contributed by atoms with Crippen LogP contribution in [0, 0.1) is 38.8 Å². The van der Waals surface area contributed by atoms with Crippen LogP contribution < -0.4 is 5.32 Å². The Morgan fingerprint density at radius 2 is 1.77 bits per heavy atom. The molecule has 1 aromatic rings. The third-order valence-electron chi connectivity index (χ3n) is 12.7. The number of aliphatic hydroxyl groups is 1. The number of hydrogen-bond acceptors (Lipinski definition) is 6. The highest BCUT2D eigenvalue weighted by Gasteiger charge is 2.67. The molecule has 5 aliphatic carbocycles. The molecule has 0 unspecified atom stereocenters. The van der Waals surface area contributed by atoms with E-state index in [0.717, 1.165) is 49.4 Å². The van der Waals surface area contributed by atoms with Gasteiger partial charge in [0.25, 0.3) is 5.91 Å². The molecule has 7 nitrogen and oxygen atoms in total. The van der Waals surface area contributed by atoms with Crippen molar-refractivity contribution in [3.05, 3.63) is 70.4 Å². The van der Waals surface area contributed by atoms with Gasteiger partial charge in [-0.3, -0.25) is 14.4 Å². The van der Waals surface area contributed by atoms with Gasteiger partial charge < -0.3 is 15.2 Å². The van der Waals surface area contributed by atoms with Gasteiger partial charge in [-0.2, -0.15) is 0 Å². The van der Waals surface area contributed by atoms with Crippen LogP contribution >= 0.6 is 0 Å². The molecule has 5 aliphatic rings. The molecule has 0 radical (unpaired) electrons. The van der Waals surface area contributed by atoms with Gasteiger partial charge in [-0.05, 0) is 110 Å². The highest BCUT2D eigenvalue weighted by Crippen LogP contribution is 2.75. The Morgan fingerprint density at radius 1 is 1.05 bits per heavy atom. The molecular formula is C36H43FN2O5. The summed E-state index contributed by atoms with van der Waals surface area (Å²) in [5.74, 6) is -1.43. The van der Waals surface area contributed by atoms with Crippen molar-refractivity contribution in [2.75, 3.05) is 11.9 Å². The number of nitrogens with one attached hydrogen (secondary N) is 1. The van der Waals surface area contributed by atoms with Gasteiger partial charge in [-0.1, -0.05) is 45.4 Å². The molecule has 0 saturated heterocycles. The van der Waals surface area contributed by atoms with E-state index in [1.165, 1.54) is 17.7 Å². The largest absolute Gasteiger partial charge is 0.504 e. The van der Waals surface area contributed by atoms with Crippen LogP contribution in [0.1, 0.15) is 86.5 Å². The lowest BCUT2D eigenvalue weighted by molar-refractivity contribution is -0.182. The second kappa shape index (κ2) is 9.98. The number of carbonyl (C=O) groups excluding carboxylic acids is 3. The average Bonchev–Trinajstić information content (AvgIpc) is 2.98. The zero-order valence-electron chi connectivity index (χ0n) is 26.6. The predicted octanol–water partition coefficient (Wildman–Crippen LogP) is 7.33. The lowest BCUT2D eigenvalue weighted by atomic mass is 9.34. The first-order valence-electron chi connectivity index (χ1n) is 15.8. The quantitative estimate of drug-likeness (QED) is 0.350. The second-order valence-electron chi connectivity index (χ2n) is 15.1. The maximum atomic E-state index is 13.6. The van der Waals surface area contributed by atoms with Gasteiger partial charge in [0.1, 0.15) is 11.6 Å². The van der Waals surface area contributed by atoms with Gasteiger partial charge in [-0.15, -0.1) is 0 Å². The van der Waals surface area contributed by atoms with Gasteiger partial charge in [0, 0.05) is 11.0 Å². The first-order chi connectivity index (χ1) is 20.6. The van der Waals surface area contributed by atoms with Crippen molar-refractivity contribution in [2.45, 2.75) is 86.5 Å². The Morgan fingerprint density at radius 3 is 2.48 bits per heavy atom. The van der Waals surface area contributed by atoms with E-state index < -0.39 is 23.7 Å². The summed E-state index contributed by atoms with van der Waals surface area (Å²) in [4.78, 5) is 42.7. The molecule has 234 valence electrons. The van der Waals surface area contributed by atoms with Gasteiger partial charge in [0.05, 0.1) is 11.6 Å². The van der Waals surface area contributed by atoms with Gasteiger partial charge in [0.2, 0.25) is 5.78 Å². The zero-order valence-corrected chi connectivity index (χ0v) is 26.6. The topological polar surface area (TPSA) is 106 Å². The minimum absolute atomic E-state index is 0.0782. The van der Waals surface area contributed by atoms with E-state index >= 15 is 0 Å². The van der Waals surface area contributed by atoms with E-state index in [9.17, 15) is 23.9 Å². The second-order valence-corrected chi connectivity index (χ2v) is 15.1. The standard InChI is InChI=1S/C36H43FN2O5/c1-21-23-8-9-26-34(4,24(23)17-25(40)30(21)42)14-16-36(6)27-18-33(3,12-11-32(27,2)13-15-35(26,36)5)31(43)44-20-29(41)39-28-10-7-22(37)19-38-28/h7-10,17,19,27,42H,11-16,18,20H2,1-6H3,(H,38,39,41)/t27-,32-,33-,34+,35-,36+/m1/s1. The Labute approximate surface area is 258 Å². The minimum Gasteiger partial charge on any atom is -0.504 e. The van der Waals surface area contributed by atoms with Crippen molar-refractivity contribution in [1.29, 1.82) is 0 Å². The van der Waals surface area contributed by atoms with Crippen molar-refractivity contribution in [2.24, 2.45) is 33.0 Å². The molecule has 1 amide bonds. The predicted molar refractivity (Wildman–Crippen MR) is 165 cm³/mol. The number of allylic oxidation sites excluding steroid dienone is 7. The summed E-state index contributed by atoms with van der Waals surface area (Å²) in [5, 5.41) is 12.9. The van der Waals surface area contributed by atoms with Crippen molar-refractivity contribution in [1.82, 2.24) is 4.98 Å². The van der Waals surface area contributed by atoms with Crippen LogP contribution in [0.2, 0.25) is 0 Å². The Kier molecular flexibility index (Phi) is 6.91. The summed E-state index contributed by atoms with van der Waals surface area (Å²) in [7, 11) is 0. The van der Waals surface area contributed by atoms with Gasteiger partial charge >= 0.3 is 5.97 Å². The molecule has 6 rings (SSSR count). The van der Waals surface area contributed by atoms with E-state index in [1.807, 2.05) is 13.8 Å². The maximum Gasteiger partial charge on any atom is 0.312 e. The van der Waals surface area contributed by atoms with Crippen molar-refractivity contribution < 1.29 is 28.6 Å². The molecule has 1 heterocycles. The molecule has 3 saturated carbocycles. The number of amides is 1. The molecule has 0 aliphatic heterocycles. The van der Waals surface area contributed by atoms with E-state index in [1.54, 1.807) is 6.08 Å². The van der Waals surface area contributed by atoms with Crippen LogP contribution in [0.15, 0.2) is 64.6 Å². The summed E-state index contributed by atoms with van der Waals surface area (Å²) >= 11 is 0. The Balaban J connectivity index is 1.25. The van der Waals surface area contributed by atoms with Crippen LogP contribution in [-0.2, 0) is 19.1 Å². The maximum absolute atomic E-state index is 13.6. The number of nitrogens with zero attached hydrogens (tertiary/aromatic N) is 1. The van der Waals surface area contributed by atoms with Crippen LogP contribution in [0.4, 0.5) is 10.2 Å². The number of hydrogen-bond donors (Lipinski definition) is 2. The number of anilines is 1. The molecule has 44 heavy (non-hydrogen) atoms. The number of pyridine rings is 1. The SMILES string of the molecule is CC1=C(O)C(=O)C=C2C1=CC=C1[C@@]2(C)CC[C@@]2(C)[C@@H]3C[C@](C)(C(=O)OCC(=O)Nc4ccc(F)cn4)CC[C@]3(C)CC[C@]12C. The van der Waals surface area contributed by atoms with Crippen LogP contribution in [0.5, 0.6) is 0 Å². The van der Waals surface area contributed by atoms with E-state index in [2.05, 4.69) is 50.1 Å². The van der Waals surface area contributed by atoms with Crippen molar-refractivity contribution in [3.8, 4) is 0 Å². The number of aromatic nitrogens is 1. The van der Waals surface area contributed by atoms with Gasteiger partial charge in [0.15, 0.2) is 12.4 Å². The minimum atomic E-state index is -0.730. The fourth-order valence-electron chi connectivity index (χ4n) is 9.58. The summed E-state index contributed by atoms with van der Waals surface area (Å²) in [6.45, 7) is 12.8. The first kappa shape index (κ1) is 30.5. The fraction of sp³-hybridized carbons (Fsp3) is 0.556. The molecule has 8 heteroatoms. The number of aliphatic hydroxyl groups excluding tert-OH is 1. The smallest absolute Gasteiger partial charge is 0.312 e. The number of fused-ring (bicyclic) bond motifs is 7. The molecule has 0 aromatic carbocycles. The molecule has 2 N–H and O–H groups in total.